The Morgan fingerprint density at radius 2 is 1.93 bits per heavy atom. The van der Waals surface area contributed by atoms with E-state index in [0.717, 1.165) is 19.5 Å². The monoisotopic (exact) mass is 214 g/mol. The Kier molecular flexibility index (Phi) is 7.39. The lowest BCUT2D eigenvalue weighted by Crippen LogP contribution is -2.35. The van der Waals surface area contributed by atoms with Gasteiger partial charge in [0.25, 0.3) is 0 Å². The maximum absolute atomic E-state index is 11.7. The molecular weight excluding hydrogens is 188 g/mol. The van der Waals surface area contributed by atoms with Crippen molar-refractivity contribution in [2.45, 2.75) is 46.6 Å². The van der Waals surface area contributed by atoms with Crippen LogP contribution in [0, 0.1) is 5.92 Å². The molecule has 0 aromatic heterocycles. The van der Waals surface area contributed by atoms with E-state index in [4.69, 9.17) is 0 Å². The smallest absolute Gasteiger partial charge is 0.223 e. The van der Waals surface area contributed by atoms with Crippen molar-refractivity contribution < 1.29 is 4.79 Å². The van der Waals surface area contributed by atoms with Gasteiger partial charge in [-0.15, -0.1) is 0 Å². The summed E-state index contributed by atoms with van der Waals surface area (Å²) in [4.78, 5) is 13.6. The molecule has 1 N–H and O–H groups in total. The molecule has 0 saturated carbocycles. The van der Waals surface area contributed by atoms with Gasteiger partial charge < -0.3 is 10.2 Å². The zero-order valence-corrected chi connectivity index (χ0v) is 10.8. The van der Waals surface area contributed by atoms with Gasteiger partial charge in [0, 0.05) is 26.1 Å². The van der Waals surface area contributed by atoms with Gasteiger partial charge in [-0.05, 0) is 25.8 Å². The average Bonchev–Trinajstić information content (AvgIpc) is 2.14. The molecule has 90 valence electrons. The Bertz CT molecular complexity index is 180. The molecule has 0 radical (unpaired) electrons. The zero-order chi connectivity index (χ0) is 11.8. The Morgan fingerprint density at radius 3 is 2.40 bits per heavy atom. The van der Waals surface area contributed by atoms with Gasteiger partial charge in [-0.25, -0.2) is 0 Å². The second-order valence-electron chi connectivity index (χ2n) is 4.66. The lowest BCUT2D eigenvalue weighted by molar-refractivity contribution is -0.130. The predicted octanol–water partition coefficient (Wildman–Crippen LogP) is 1.88. The van der Waals surface area contributed by atoms with E-state index in [0.29, 0.717) is 12.3 Å². The van der Waals surface area contributed by atoms with Crippen LogP contribution in [0.2, 0.25) is 0 Å². The number of amides is 1. The fourth-order valence-electron chi connectivity index (χ4n) is 1.41. The summed E-state index contributed by atoms with van der Waals surface area (Å²) in [6.07, 6.45) is 1.68. The van der Waals surface area contributed by atoms with Crippen molar-refractivity contribution in [2.75, 3.05) is 20.1 Å². The zero-order valence-electron chi connectivity index (χ0n) is 10.8. The van der Waals surface area contributed by atoms with Crippen LogP contribution in [0.3, 0.4) is 0 Å². The molecule has 0 bridgehead atoms. The Balaban J connectivity index is 3.78. The van der Waals surface area contributed by atoms with E-state index < -0.39 is 0 Å². The highest BCUT2D eigenvalue weighted by atomic mass is 16.2. The van der Waals surface area contributed by atoms with E-state index in [1.165, 1.54) is 0 Å². The lowest BCUT2D eigenvalue weighted by Gasteiger charge is -2.20. The van der Waals surface area contributed by atoms with Crippen molar-refractivity contribution in [3.05, 3.63) is 0 Å². The summed E-state index contributed by atoms with van der Waals surface area (Å²) >= 11 is 0. The normalized spacial score (nSPS) is 12.9. The van der Waals surface area contributed by atoms with Gasteiger partial charge in [-0.2, -0.15) is 0 Å². The van der Waals surface area contributed by atoms with Crippen molar-refractivity contribution in [1.82, 2.24) is 10.2 Å². The summed E-state index contributed by atoms with van der Waals surface area (Å²) in [5.74, 6) is 0.899. The highest BCUT2D eigenvalue weighted by Gasteiger charge is 2.12. The number of rotatable bonds is 7. The van der Waals surface area contributed by atoms with Gasteiger partial charge in [0.15, 0.2) is 0 Å². The minimum Gasteiger partial charge on any atom is -0.346 e. The van der Waals surface area contributed by atoms with Gasteiger partial charge in [0.2, 0.25) is 5.91 Å². The van der Waals surface area contributed by atoms with E-state index in [9.17, 15) is 4.79 Å². The summed E-state index contributed by atoms with van der Waals surface area (Å²) in [5.41, 5.74) is 0. The maximum atomic E-state index is 11.7. The molecule has 0 spiro atoms. The Morgan fingerprint density at radius 1 is 1.33 bits per heavy atom. The van der Waals surface area contributed by atoms with Gasteiger partial charge in [-0.3, -0.25) is 4.79 Å². The Hall–Kier alpha value is -0.570. The van der Waals surface area contributed by atoms with Crippen LogP contribution in [0.15, 0.2) is 0 Å². The van der Waals surface area contributed by atoms with Crippen molar-refractivity contribution in [3.8, 4) is 0 Å². The van der Waals surface area contributed by atoms with E-state index in [2.05, 4.69) is 33.0 Å². The van der Waals surface area contributed by atoms with Gasteiger partial charge >= 0.3 is 0 Å². The number of nitrogens with zero attached hydrogens (tertiary/aromatic N) is 1. The van der Waals surface area contributed by atoms with Crippen LogP contribution in [0.25, 0.3) is 0 Å². The summed E-state index contributed by atoms with van der Waals surface area (Å²) < 4.78 is 0. The molecule has 15 heavy (non-hydrogen) atoms. The molecule has 3 nitrogen and oxygen atoms in total. The molecule has 0 aliphatic carbocycles. The highest BCUT2D eigenvalue weighted by Crippen LogP contribution is 2.03. The molecule has 1 amide bonds. The van der Waals surface area contributed by atoms with Gasteiger partial charge in [0.1, 0.15) is 0 Å². The molecule has 0 heterocycles. The quantitative estimate of drug-likeness (QED) is 0.702. The van der Waals surface area contributed by atoms with Crippen LogP contribution < -0.4 is 5.32 Å². The van der Waals surface area contributed by atoms with Crippen LogP contribution >= 0.6 is 0 Å². The minimum atomic E-state index is 0.240. The van der Waals surface area contributed by atoms with Gasteiger partial charge in [-0.1, -0.05) is 20.8 Å². The van der Waals surface area contributed by atoms with Crippen molar-refractivity contribution in [2.24, 2.45) is 5.92 Å². The molecule has 1 atom stereocenters. The molecule has 0 aromatic rings. The third kappa shape index (κ3) is 7.37. The van der Waals surface area contributed by atoms with Gasteiger partial charge in [0.05, 0.1) is 0 Å². The lowest BCUT2D eigenvalue weighted by atomic mass is 10.1. The second-order valence-corrected chi connectivity index (χ2v) is 4.66. The summed E-state index contributed by atoms with van der Waals surface area (Å²) in [6.45, 7) is 10.3. The number of hydrogen-bond acceptors (Lipinski definition) is 2. The minimum absolute atomic E-state index is 0.240. The summed E-state index contributed by atoms with van der Waals surface area (Å²) in [6, 6.07) is 0.281. The maximum Gasteiger partial charge on any atom is 0.223 e. The first-order valence-corrected chi connectivity index (χ1v) is 5.94. The standard InChI is InChI=1S/C12H26N2O/c1-6-13-11(4)9-12(15)14(5)8-7-10(2)3/h10-11,13H,6-9H2,1-5H3. The first kappa shape index (κ1) is 14.4. The average molecular weight is 214 g/mol. The molecule has 0 fully saturated rings. The first-order chi connectivity index (χ1) is 6.97. The van der Waals surface area contributed by atoms with Crippen LogP contribution in [0.4, 0.5) is 0 Å². The third-order valence-corrected chi connectivity index (χ3v) is 2.50. The predicted molar refractivity (Wildman–Crippen MR) is 64.8 cm³/mol. The van der Waals surface area contributed by atoms with E-state index in [1.807, 2.05) is 11.9 Å². The molecule has 0 aromatic carbocycles. The molecule has 3 heteroatoms. The number of hydrogen-bond donors (Lipinski definition) is 1. The topological polar surface area (TPSA) is 32.3 Å². The van der Waals surface area contributed by atoms with E-state index >= 15 is 0 Å². The largest absolute Gasteiger partial charge is 0.346 e. The summed E-state index contributed by atoms with van der Waals surface area (Å²) in [5, 5.41) is 3.25. The van der Waals surface area contributed by atoms with Crippen molar-refractivity contribution in [3.63, 3.8) is 0 Å². The van der Waals surface area contributed by atoms with E-state index in [-0.39, 0.29) is 11.9 Å². The summed E-state index contributed by atoms with van der Waals surface area (Å²) in [7, 11) is 1.89. The van der Waals surface area contributed by atoms with Crippen molar-refractivity contribution >= 4 is 5.91 Å². The number of carbonyl (C=O) groups is 1. The highest BCUT2D eigenvalue weighted by molar-refractivity contribution is 5.76. The second kappa shape index (κ2) is 7.69. The fraction of sp³-hybridized carbons (Fsp3) is 0.917. The SMILES string of the molecule is CCNC(C)CC(=O)N(C)CCC(C)C. The third-order valence-electron chi connectivity index (χ3n) is 2.50. The molecule has 1 unspecified atom stereocenters. The van der Waals surface area contributed by atoms with Crippen LogP contribution in [-0.4, -0.2) is 37.0 Å². The molecular formula is C12H26N2O. The van der Waals surface area contributed by atoms with Crippen LogP contribution in [0.1, 0.15) is 40.5 Å². The molecule has 0 saturated heterocycles. The Labute approximate surface area is 94.2 Å². The molecule has 0 aliphatic heterocycles. The molecule has 0 aliphatic rings. The fourth-order valence-corrected chi connectivity index (χ4v) is 1.41. The van der Waals surface area contributed by atoms with E-state index in [1.54, 1.807) is 0 Å². The number of carbonyl (C=O) groups excluding carboxylic acids is 1. The van der Waals surface area contributed by atoms with Crippen LogP contribution in [-0.2, 0) is 4.79 Å². The van der Waals surface area contributed by atoms with Crippen LogP contribution in [0.5, 0.6) is 0 Å². The first-order valence-electron chi connectivity index (χ1n) is 5.94. The van der Waals surface area contributed by atoms with Crippen molar-refractivity contribution in [1.29, 1.82) is 0 Å². The number of nitrogens with one attached hydrogen (secondary N) is 1. The molecule has 0 rings (SSSR count).